The van der Waals surface area contributed by atoms with Gasteiger partial charge < -0.3 is 14.7 Å². The molecule has 3 rings (SSSR count). The number of nitrogens with one attached hydrogen (secondary N) is 1. The summed E-state index contributed by atoms with van der Waals surface area (Å²) in [6.07, 6.45) is 2.38. The molecule has 3 heterocycles. The first-order chi connectivity index (χ1) is 11.2. The van der Waals surface area contributed by atoms with Crippen molar-refractivity contribution in [3.63, 3.8) is 0 Å². The van der Waals surface area contributed by atoms with Crippen LogP contribution < -0.4 is 10.2 Å². The Bertz CT molecular complexity index is 650. The van der Waals surface area contributed by atoms with Crippen molar-refractivity contribution >= 4 is 5.82 Å². The Morgan fingerprint density at radius 1 is 1.30 bits per heavy atom. The highest BCUT2D eigenvalue weighted by atomic mass is 16.5. The van der Waals surface area contributed by atoms with Crippen LogP contribution in [0.15, 0.2) is 10.6 Å². The van der Waals surface area contributed by atoms with Gasteiger partial charge in [0.1, 0.15) is 11.6 Å². The SMILES string of the molecule is CCN(Cc1noc(C)n1)c1cc([C@@H]2CCCNC2)nc(C)n1. The molecule has 1 aliphatic heterocycles. The van der Waals surface area contributed by atoms with Crippen LogP contribution >= 0.6 is 0 Å². The van der Waals surface area contributed by atoms with Gasteiger partial charge in [-0.05, 0) is 33.2 Å². The van der Waals surface area contributed by atoms with Crippen molar-refractivity contribution in [3.05, 3.63) is 29.3 Å². The van der Waals surface area contributed by atoms with Gasteiger partial charge in [-0.1, -0.05) is 5.16 Å². The first-order valence-corrected chi connectivity index (χ1v) is 8.26. The fourth-order valence-corrected chi connectivity index (χ4v) is 2.98. The Labute approximate surface area is 136 Å². The van der Waals surface area contributed by atoms with Crippen LogP contribution in [-0.2, 0) is 6.54 Å². The third kappa shape index (κ3) is 3.85. The van der Waals surface area contributed by atoms with E-state index >= 15 is 0 Å². The number of aryl methyl sites for hydroxylation is 2. The standard InChI is InChI=1S/C16H24N6O/c1-4-22(10-15-20-12(3)23-21-15)16-8-14(18-11(2)19-16)13-6-5-7-17-9-13/h8,13,17H,4-7,9-10H2,1-3H3/t13-/m1/s1. The Hall–Kier alpha value is -2.02. The fraction of sp³-hybridized carbons (Fsp3) is 0.625. The molecule has 0 spiro atoms. The van der Waals surface area contributed by atoms with Crippen molar-refractivity contribution in [2.75, 3.05) is 24.5 Å². The lowest BCUT2D eigenvalue weighted by Crippen LogP contribution is -2.30. The fourth-order valence-electron chi connectivity index (χ4n) is 2.98. The lowest BCUT2D eigenvalue weighted by Gasteiger charge is -2.25. The van der Waals surface area contributed by atoms with Gasteiger partial charge in [0.25, 0.3) is 0 Å². The normalized spacial score (nSPS) is 18.1. The molecular weight excluding hydrogens is 292 g/mol. The predicted molar refractivity (Wildman–Crippen MR) is 87.4 cm³/mol. The van der Waals surface area contributed by atoms with Crippen molar-refractivity contribution in [2.24, 2.45) is 0 Å². The Morgan fingerprint density at radius 2 is 2.17 bits per heavy atom. The van der Waals surface area contributed by atoms with Gasteiger partial charge in [-0.3, -0.25) is 0 Å². The van der Waals surface area contributed by atoms with Crippen LogP contribution in [0.1, 0.15) is 48.9 Å². The van der Waals surface area contributed by atoms with E-state index in [1.165, 1.54) is 12.8 Å². The molecule has 1 N–H and O–H groups in total. The van der Waals surface area contributed by atoms with E-state index in [2.05, 4.69) is 43.3 Å². The highest BCUT2D eigenvalue weighted by molar-refractivity contribution is 5.40. The summed E-state index contributed by atoms with van der Waals surface area (Å²) in [5.74, 6) is 3.48. The largest absolute Gasteiger partial charge is 0.349 e. The van der Waals surface area contributed by atoms with E-state index < -0.39 is 0 Å². The zero-order valence-corrected chi connectivity index (χ0v) is 14.0. The molecule has 0 unspecified atom stereocenters. The molecule has 0 amide bonds. The first-order valence-electron chi connectivity index (χ1n) is 8.26. The van der Waals surface area contributed by atoms with E-state index in [4.69, 9.17) is 4.52 Å². The number of hydrogen-bond donors (Lipinski definition) is 1. The summed E-state index contributed by atoms with van der Waals surface area (Å²) in [5.41, 5.74) is 1.13. The Morgan fingerprint density at radius 3 is 2.83 bits per heavy atom. The van der Waals surface area contributed by atoms with Crippen molar-refractivity contribution in [2.45, 2.75) is 46.1 Å². The monoisotopic (exact) mass is 316 g/mol. The maximum atomic E-state index is 5.06. The molecule has 0 radical (unpaired) electrons. The number of piperidine rings is 1. The van der Waals surface area contributed by atoms with Crippen LogP contribution in [0.5, 0.6) is 0 Å². The van der Waals surface area contributed by atoms with Gasteiger partial charge in [-0.15, -0.1) is 0 Å². The van der Waals surface area contributed by atoms with Crippen LogP contribution in [0.25, 0.3) is 0 Å². The molecule has 0 aromatic carbocycles. The molecule has 1 fully saturated rings. The average molecular weight is 316 g/mol. The molecule has 1 aliphatic rings. The summed E-state index contributed by atoms with van der Waals surface area (Å²) in [6, 6.07) is 2.11. The van der Waals surface area contributed by atoms with Gasteiger partial charge in [-0.2, -0.15) is 4.98 Å². The lowest BCUT2D eigenvalue weighted by molar-refractivity contribution is 0.387. The maximum absolute atomic E-state index is 5.06. The van der Waals surface area contributed by atoms with Gasteiger partial charge in [0.15, 0.2) is 5.82 Å². The van der Waals surface area contributed by atoms with E-state index in [0.717, 1.165) is 37.0 Å². The average Bonchev–Trinajstić information content (AvgIpc) is 2.98. The minimum absolute atomic E-state index is 0.468. The molecule has 1 saturated heterocycles. The van der Waals surface area contributed by atoms with E-state index in [1.54, 1.807) is 6.92 Å². The number of nitrogens with zero attached hydrogens (tertiary/aromatic N) is 5. The molecule has 2 aromatic heterocycles. The molecule has 7 heteroatoms. The summed E-state index contributed by atoms with van der Waals surface area (Å²) in [6.45, 7) is 9.37. The molecule has 7 nitrogen and oxygen atoms in total. The molecule has 2 aromatic rings. The van der Waals surface area contributed by atoms with Crippen LogP contribution in [0.3, 0.4) is 0 Å². The number of anilines is 1. The first kappa shape index (κ1) is 15.9. The van der Waals surface area contributed by atoms with Gasteiger partial charge in [0.2, 0.25) is 5.89 Å². The minimum Gasteiger partial charge on any atom is -0.349 e. The van der Waals surface area contributed by atoms with Crippen molar-refractivity contribution < 1.29 is 4.52 Å². The van der Waals surface area contributed by atoms with E-state index in [0.29, 0.717) is 24.2 Å². The second-order valence-electron chi connectivity index (χ2n) is 5.99. The zero-order chi connectivity index (χ0) is 16.2. The smallest absolute Gasteiger partial charge is 0.223 e. The number of hydrogen-bond acceptors (Lipinski definition) is 7. The predicted octanol–water partition coefficient (Wildman–Crippen LogP) is 1.97. The highest BCUT2D eigenvalue weighted by Gasteiger charge is 2.19. The summed E-state index contributed by atoms with van der Waals surface area (Å²) >= 11 is 0. The van der Waals surface area contributed by atoms with Crippen LogP contribution in [0.2, 0.25) is 0 Å². The quantitative estimate of drug-likeness (QED) is 0.903. The van der Waals surface area contributed by atoms with Crippen LogP contribution in [-0.4, -0.2) is 39.7 Å². The van der Waals surface area contributed by atoms with Crippen molar-refractivity contribution in [1.82, 2.24) is 25.4 Å². The van der Waals surface area contributed by atoms with E-state index in [1.807, 2.05) is 6.92 Å². The van der Waals surface area contributed by atoms with Gasteiger partial charge in [-0.25, -0.2) is 9.97 Å². The third-order valence-corrected chi connectivity index (χ3v) is 4.17. The summed E-state index contributed by atoms with van der Waals surface area (Å²) in [5, 5.41) is 7.43. The summed E-state index contributed by atoms with van der Waals surface area (Å²) in [7, 11) is 0. The molecule has 23 heavy (non-hydrogen) atoms. The number of aromatic nitrogens is 4. The summed E-state index contributed by atoms with van der Waals surface area (Å²) < 4.78 is 5.06. The van der Waals surface area contributed by atoms with Crippen molar-refractivity contribution in [1.29, 1.82) is 0 Å². The van der Waals surface area contributed by atoms with Crippen molar-refractivity contribution in [3.8, 4) is 0 Å². The second-order valence-corrected chi connectivity index (χ2v) is 5.99. The Balaban J connectivity index is 1.83. The van der Waals surface area contributed by atoms with Gasteiger partial charge >= 0.3 is 0 Å². The van der Waals surface area contributed by atoms with Crippen LogP contribution in [0.4, 0.5) is 5.82 Å². The Kier molecular flexibility index (Phi) is 4.85. The summed E-state index contributed by atoms with van der Waals surface area (Å²) in [4.78, 5) is 15.7. The van der Waals surface area contributed by atoms with E-state index in [-0.39, 0.29) is 0 Å². The molecule has 0 saturated carbocycles. The maximum Gasteiger partial charge on any atom is 0.223 e. The second kappa shape index (κ2) is 7.04. The van der Waals surface area contributed by atoms with Crippen LogP contribution in [0, 0.1) is 13.8 Å². The lowest BCUT2D eigenvalue weighted by atomic mass is 9.96. The molecular formula is C16H24N6O. The van der Waals surface area contributed by atoms with Gasteiger partial charge in [0.05, 0.1) is 12.2 Å². The van der Waals surface area contributed by atoms with E-state index in [9.17, 15) is 0 Å². The topological polar surface area (TPSA) is 80.0 Å². The zero-order valence-electron chi connectivity index (χ0n) is 14.0. The van der Waals surface area contributed by atoms with Gasteiger partial charge in [0, 0.05) is 32.0 Å². The minimum atomic E-state index is 0.468. The molecule has 0 bridgehead atoms. The molecule has 0 aliphatic carbocycles. The molecule has 124 valence electrons. The highest BCUT2D eigenvalue weighted by Crippen LogP contribution is 2.25. The number of rotatable bonds is 5. The molecule has 1 atom stereocenters. The third-order valence-electron chi connectivity index (χ3n) is 4.17.